The lowest BCUT2D eigenvalue weighted by Crippen LogP contribution is -2.39. The first-order valence-corrected chi connectivity index (χ1v) is 9.89. The molecule has 0 spiro atoms. The second kappa shape index (κ2) is 7.72. The van der Waals surface area contributed by atoms with Gasteiger partial charge in [0.25, 0.3) is 5.91 Å². The van der Waals surface area contributed by atoms with Gasteiger partial charge in [0.15, 0.2) is 0 Å². The number of aliphatic hydroxyl groups is 1. The normalized spacial score (nSPS) is 17.2. The summed E-state index contributed by atoms with van der Waals surface area (Å²) in [6.45, 7) is 6.31. The highest BCUT2D eigenvalue weighted by Gasteiger charge is 2.24. The molecule has 3 aromatic rings. The summed E-state index contributed by atoms with van der Waals surface area (Å²) in [6, 6.07) is 7.93. The lowest BCUT2D eigenvalue weighted by atomic mass is 9.98. The van der Waals surface area contributed by atoms with Crippen molar-refractivity contribution in [2.45, 2.75) is 33.2 Å². The number of aromatic nitrogens is 3. The highest BCUT2D eigenvalue weighted by Crippen LogP contribution is 2.28. The molecule has 6 nitrogen and oxygen atoms in total. The van der Waals surface area contributed by atoms with Crippen LogP contribution in [0.1, 0.15) is 35.7 Å². The highest BCUT2D eigenvalue weighted by atomic mass is 16.3. The smallest absolute Gasteiger partial charge is 0.254 e. The molecule has 0 saturated carbocycles. The van der Waals surface area contributed by atoms with Crippen LogP contribution in [0, 0.1) is 12.8 Å². The molecule has 1 aliphatic heterocycles. The van der Waals surface area contributed by atoms with E-state index in [0.717, 1.165) is 47.2 Å². The first-order chi connectivity index (χ1) is 13.5. The predicted molar refractivity (Wildman–Crippen MR) is 109 cm³/mol. The number of carbonyl (C=O) groups is 1. The number of hydrogen-bond donors (Lipinski definition) is 1. The number of aliphatic hydroxyl groups excluding tert-OH is 1. The van der Waals surface area contributed by atoms with Gasteiger partial charge in [0.1, 0.15) is 0 Å². The third kappa shape index (κ3) is 3.64. The standard InChI is InChI=1S/C22H26N4O2/c1-15-5-6-18-19(22(28)25-7-3-4-16(2)13-25)11-20(24-21(18)10-15)17-12-23-26(14-17)8-9-27/h5-6,10-12,14,16,27H,3-4,7-9,13H2,1-2H3. The Morgan fingerprint density at radius 3 is 2.96 bits per heavy atom. The van der Waals surface area contributed by atoms with Gasteiger partial charge in [-0.05, 0) is 43.4 Å². The maximum atomic E-state index is 13.4. The van der Waals surface area contributed by atoms with E-state index >= 15 is 0 Å². The molecule has 1 N–H and O–H groups in total. The summed E-state index contributed by atoms with van der Waals surface area (Å²) in [5, 5.41) is 14.3. The number of amides is 1. The highest BCUT2D eigenvalue weighted by molar-refractivity contribution is 6.07. The Bertz CT molecular complexity index is 1010. The Labute approximate surface area is 164 Å². The number of aryl methyl sites for hydroxylation is 1. The fraction of sp³-hybridized carbons (Fsp3) is 0.409. The van der Waals surface area contributed by atoms with Gasteiger partial charge >= 0.3 is 0 Å². The molecule has 28 heavy (non-hydrogen) atoms. The summed E-state index contributed by atoms with van der Waals surface area (Å²) >= 11 is 0. The van der Waals surface area contributed by atoms with Crippen molar-refractivity contribution < 1.29 is 9.90 Å². The number of piperidine rings is 1. The molecule has 1 saturated heterocycles. The van der Waals surface area contributed by atoms with Crippen molar-refractivity contribution in [1.29, 1.82) is 0 Å². The molecule has 2 aromatic heterocycles. The number of likely N-dealkylation sites (tertiary alicyclic amines) is 1. The van der Waals surface area contributed by atoms with Crippen LogP contribution in [-0.4, -0.2) is 50.4 Å². The second-order valence-corrected chi connectivity index (χ2v) is 7.79. The van der Waals surface area contributed by atoms with Crippen molar-refractivity contribution in [1.82, 2.24) is 19.7 Å². The van der Waals surface area contributed by atoms with E-state index in [0.29, 0.717) is 18.0 Å². The third-order valence-corrected chi connectivity index (χ3v) is 5.40. The van der Waals surface area contributed by atoms with Crippen molar-refractivity contribution >= 4 is 16.8 Å². The molecular weight excluding hydrogens is 352 g/mol. The predicted octanol–water partition coefficient (Wildman–Crippen LogP) is 3.27. The summed E-state index contributed by atoms with van der Waals surface area (Å²) in [5.74, 6) is 0.607. The first-order valence-electron chi connectivity index (χ1n) is 9.89. The summed E-state index contributed by atoms with van der Waals surface area (Å²) in [7, 11) is 0. The van der Waals surface area contributed by atoms with Crippen LogP contribution in [-0.2, 0) is 6.54 Å². The fourth-order valence-electron chi connectivity index (χ4n) is 3.93. The number of benzene rings is 1. The number of pyridine rings is 1. The lowest BCUT2D eigenvalue weighted by Gasteiger charge is -2.31. The number of hydrogen-bond acceptors (Lipinski definition) is 4. The molecule has 6 heteroatoms. The second-order valence-electron chi connectivity index (χ2n) is 7.79. The third-order valence-electron chi connectivity index (χ3n) is 5.40. The van der Waals surface area contributed by atoms with Crippen molar-refractivity contribution in [2.24, 2.45) is 5.92 Å². The van der Waals surface area contributed by atoms with Gasteiger partial charge in [-0.2, -0.15) is 5.10 Å². The number of carbonyl (C=O) groups excluding carboxylic acids is 1. The Kier molecular flexibility index (Phi) is 5.13. The Hall–Kier alpha value is -2.73. The van der Waals surface area contributed by atoms with E-state index in [1.807, 2.05) is 42.3 Å². The molecule has 1 aromatic carbocycles. The first kappa shape index (κ1) is 18.6. The van der Waals surface area contributed by atoms with Gasteiger partial charge in [0.2, 0.25) is 0 Å². The summed E-state index contributed by atoms with van der Waals surface area (Å²) < 4.78 is 1.69. The van der Waals surface area contributed by atoms with Crippen LogP contribution in [0.15, 0.2) is 36.7 Å². The average Bonchev–Trinajstić information content (AvgIpc) is 3.15. The van der Waals surface area contributed by atoms with Crippen LogP contribution in [0.25, 0.3) is 22.2 Å². The monoisotopic (exact) mass is 378 g/mol. The zero-order valence-electron chi connectivity index (χ0n) is 16.4. The average molecular weight is 378 g/mol. The van der Waals surface area contributed by atoms with Crippen molar-refractivity contribution in [3.63, 3.8) is 0 Å². The SMILES string of the molecule is Cc1ccc2c(C(=O)N3CCCC(C)C3)cc(-c3cnn(CCO)c3)nc2c1. The van der Waals surface area contributed by atoms with Crippen molar-refractivity contribution in [3.8, 4) is 11.3 Å². The maximum absolute atomic E-state index is 13.4. The van der Waals surface area contributed by atoms with Gasteiger partial charge < -0.3 is 10.0 Å². The molecule has 1 unspecified atom stereocenters. The molecule has 0 bridgehead atoms. The van der Waals surface area contributed by atoms with Crippen LogP contribution in [0.3, 0.4) is 0 Å². The van der Waals surface area contributed by atoms with Gasteiger partial charge in [-0.15, -0.1) is 0 Å². The topological polar surface area (TPSA) is 71.2 Å². The molecule has 0 aliphatic carbocycles. The zero-order valence-corrected chi connectivity index (χ0v) is 16.4. The molecule has 1 aliphatic rings. The zero-order chi connectivity index (χ0) is 19.7. The Balaban J connectivity index is 1.80. The lowest BCUT2D eigenvalue weighted by molar-refractivity contribution is 0.0685. The van der Waals surface area contributed by atoms with Gasteiger partial charge in [-0.25, -0.2) is 4.98 Å². The van der Waals surface area contributed by atoms with Gasteiger partial charge in [0, 0.05) is 30.2 Å². The number of rotatable bonds is 4. The van der Waals surface area contributed by atoms with Gasteiger partial charge in [0.05, 0.1) is 36.1 Å². The summed E-state index contributed by atoms with van der Waals surface area (Å²) in [4.78, 5) is 20.1. The van der Waals surface area contributed by atoms with Crippen LogP contribution in [0.2, 0.25) is 0 Å². The minimum atomic E-state index is 0.0301. The van der Waals surface area contributed by atoms with Gasteiger partial charge in [-0.3, -0.25) is 9.48 Å². The summed E-state index contributed by atoms with van der Waals surface area (Å²) in [5.41, 5.74) is 4.21. The molecule has 1 fully saturated rings. The van der Waals surface area contributed by atoms with E-state index in [2.05, 4.69) is 12.0 Å². The summed E-state index contributed by atoms with van der Waals surface area (Å²) in [6.07, 6.45) is 5.82. The molecular formula is C22H26N4O2. The molecule has 0 radical (unpaired) electrons. The van der Waals surface area contributed by atoms with Crippen LogP contribution in [0.4, 0.5) is 0 Å². The van der Waals surface area contributed by atoms with E-state index in [1.54, 1.807) is 10.9 Å². The number of fused-ring (bicyclic) bond motifs is 1. The van der Waals surface area contributed by atoms with E-state index in [1.165, 1.54) is 6.42 Å². The molecule has 1 atom stereocenters. The fourth-order valence-corrected chi connectivity index (χ4v) is 3.93. The van der Waals surface area contributed by atoms with Crippen LogP contribution >= 0.6 is 0 Å². The van der Waals surface area contributed by atoms with Crippen molar-refractivity contribution in [2.75, 3.05) is 19.7 Å². The molecule has 4 rings (SSSR count). The molecule has 3 heterocycles. The van der Waals surface area contributed by atoms with Gasteiger partial charge in [-0.1, -0.05) is 19.1 Å². The quantitative estimate of drug-likeness (QED) is 0.756. The maximum Gasteiger partial charge on any atom is 0.254 e. The molecule has 1 amide bonds. The van der Waals surface area contributed by atoms with Crippen molar-refractivity contribution in [3.05, 3.63) is 47.8 Å². The Morgan fingerprint density at radius 2 is 2.18 bits per heavy atom. The largest absolute Gasteiger partial charge is 0.394 e. The molecule has 146 valence electrons. The van der Waals surface area contributed by atoms with E-state index < -0.39 is 0 Å². The van der Waals surface area contributed by atoms with E-state index in [4.69, 9.17) is 10.1 Å². The Morgan fingerprint density at radius 1 is 1.32 bits per heavy atom. The van der Waals surface area contributed by atoms with E-state index in [-0.39, 0.29) is 12.5 Å². The minimum Gasteiger partial charge on any atom is -0.394 e. The minimum absolute atomic E-state index is 0.0301. The van der Waals surface area contributed by atoms with E-state index in [9.17, 15) is 4.79 Å². The van der Waals surface area contributed by atoms with Crippen LogP contribution in [0.5, 0.6) is 0 Å². The van der Waals surface area contributed by atoms with Crippen LogP contribution < -0.4 is 0 Å². The number of nitrogens with zero attached hydrogens (tertiary/aromatic N) is 4.